The topological polar surface area (TPSA) is 40.9 Å². The van der Waals surface area contributed by atoms with E-state index >= 15 is 0 Å². The molecule has 2 nitrogen and oxygen atoms in total. The average Bonchev–Trinajstić information content (AvgIpc) is 2.71. The molecule has 0 aromatic rings. The maximum absolute atomic E-state index is 11.7. The van der Waals surface area contributed by atoms with E-state index in [1.165, 1.54) is 12.0 Å². The second-order valence-corrected chi connectivity index (χ2v) is 4.77. The molecule has 0 aromatic carbocycles. The van der Waals surface area contributed by atoms with Crippen molar-refractivity contribution in [3.8, 4) is 0 Å². The Bertz CT molecular complexity index is 344. The van der Waals surface area contributed by atoms with Crippen LogP contribution >= 0.6 is 0 Å². The van der Waals surface area contributed by atoms with Gasteiger partial charge >= 0.3 is 21.7 Å². The molecule has 2 unspecified atom stereocenters. The van der Waals surface area contributed by atoms with E-state index in [1.54, 1.807) is 0 Å². The van der Waals surface area contributed by atoms with Crippen molar-refractivity contribution in [2.24, 2.45) is 11.3 Å². The van der Waals surface area contributed by atoms with E-state index in [9.17, 15) is 4.79 Å². The normalized spacial score (nSPS) is 29.4. The third-order valence-electron chi connectivity index (χ3n) is 4.05. The van der Waals surface area contributed by atoms with E-state index in [1.807, 2.05) is 12.2 Å². The monoisotopic (exact) mass is 322 g/mol. The zero-order valence-electron chi connectivity index (χ0n) is 10.5. The first-order chi connectivity index (χ1) is 7.18. The molecule has 2 aliphatic rings. The summed E-state index contributed by atoms with van der Waals surface area (Å²) in [7, 11) is 0. The molecule has 0 saturated heterocycles. The summed E-state index contributed by atoms with van der Waals surface area (Å²) in [5, 5.41) is 0. The number of carbonyl (C=O) groups excluding carboxylic acids is 1. The molecule has 1 N–H and O–H groups in total. The Kier molecular flexibility index (Phi) is 9.62. The van der Waals surface area contributed by atoms with Crippen molar-refractivity contribution in [2.45, 2.75) is 39.0 Å². The van der Waals surface area contributed by atoms with Crippen LogP contribution in [0.5, 0.6) is 0 Å². The van der Waals surface area contributed by atoms with Gasteiger partial charge in [0.05, 0.1) is 5.91 Å². The van der Waals surface area contributed by atoms with Crippen molar-refractivity contribution in [3.05, 3.63) is 29.5 Å². The molecule has 1 radical (unpaired) electrons. The van der Waals surface area contributed by atoms with Crippen LogP contribution in [0.15, 0.2) is 23.8 Å². The van der Waals surface area contributed by atoms with Gasteiger partial charge in [0.1, 0.15) is 0 Å². The largest absolute Gasteiger partial charge is 3.00 e. The maximum Gasteiger partial charge on any atom is 3.00 e. The Hall–Kier alpha value is 0.244. The van der Waals surface area contributed by atoms with Crippen LogP contribution in [-0.2, 0) is 26.5 Å². The van der Waals surface area contributed by atoms with Crippen LogP contribution in [0.25, 0.3) is 5.73 Å². The molecule has 18 heavy (non-hydrogen) atoms. The molecular formula is C13H18Cl2NOTi. The van der Waals surface area contributed by atoms with Gasteiger partial charge in [0, 0.05) is 5.41 Å². The number of hydrogen-bond donors (Lipinski definition) is 0. The van der Waals surface area contributed by atoms with Crippen molar-refractivity contribution in [1.29, 1.82) is 0 Å². The summed E-state index contributed by atoms with van der Waals surface area (Å²) < 4.78 is 0. The van der Waals surface area contributed by atoms with Gasteiger partial charge in [-0.2, -0.15) is 0 Å². The van der Waals surface area contributed by atoms with Crippen LogP contribution in [0, 0.1) is 11.3 Å². The molecule has 99 valence electrons. The Morgan fingerprint density at radius 2 is 2.06 bits per heavy atom. The SMILES string of the molecule is CC1CCCCC1(C([NH-])=O)C1=CC=CC1.[Cl-].[Cl-].[Ti+3]. The molecule has 2 atom stereocenters. The summed E-state index contributed by atoms with van der Waals surface area (Å²) in [4.78, 5) is 11.7. The number of nitrogens with one attached hydrogen (secondary N) is 1. The maximum atomic E-state index is 11.7. The Balaban J connectivity index is 0. The van der Waals surface area contributed by atoms with E-state index in [2.05, 4.69) is 13.0 Å². The third-order valence-corrected chi connectivity index (χ3v) is 4.05. The Labute approximate surface area is 137 Å². The van der Waals surface area contributed by atoms with Crippen LogP contribution in [-0.4, -0.2) is 5.91 Å². The number of amides is 1. The standard InChI is InChI=1S/C13H19NO.2ClH.Ti/c1-10-6-4-5-9-13(10,12(14)15)11-7-2-3-8-11;;;/h2-3,7,10H,4-6,8-9H2,1H3,(H2,14,15);2*1H;/q;;;+3/p-3. The minimum atomic E-state index is -0.457. The van der Waals surface area contributed by atoms with Crippen LogP contribution in [0.2, 0.25) is 0 Å². The van der Waals surface area contributed by atoms with Crippen molar-refractivity contribution >= 4 is 5.91 Å². The van der Waals surface area contributed by atoms with Crippen molar-refractivity contribution in [2.75, 3.05) is 0 Å². The molecular weight excluding hydrogens is 305 g/mol. The number of hydrogen-bond acceptors (Lipinski definition) is 1. The molecule has 2 aliphatic carbocycles. The summed E-state index contributed by atoms with van der Waals surface area (Å²) in [6.07, 6.45) is 11.3. The predicted molar refractivity (Wildman–Crippen MR) is 61.2 cm³/mol. The van der Waals surface area contributed by atoms with Crippen molar-refractivity contribution in [3.63, 3.8) is 0 Å². The van der Waals surface area contributed by atoms with E-state index in [-0.39, 0.29) is 52.4 Å². The molecule has 1 fully saturated rings. The second-order valence-electron chi connectivity index (χ2n) is 4.77. The van der Waals surface area contributed by atoms with E-state index in [0.717, 1.165) is 25.7 Å². The summed E-state index contributed by atoms with van der Waals surface area (Å²) in [6.45, 7) is 2.13. The van der Waals surface area contributed by atoms with Gasteiger partial charge in [-0.05, 0) is 25.2 Å². The van der Waals surface area contributed by atoms with Crippen molar-refractivity contribution in [1.82, 2.24) is 0 Å². The molecule has 5 heteroatoms. The van der Waals surface area contributed by atoms with Crippen molar-refractivity contribution < 1.29 is 51.3 Å². The van der Waals surface area contributed by atoms with Gasteiger partial charge in [0.15, 0.2) is 0 Å². The molecule has 1 amide bonds. The second kappa shape index (κ2) is 8.42. The average molecular weight is 323 g/mol. The van der Waals surface area contributed by atoms with E-state index < -0.39 is 5.41 Å². The van der Waals surface area contributed by atoms with E-state index in [4.69, 9.17) is 5.73 Å². The zero-order chi connectivity index (χ0) is 10.9. The van der Waals surface area contributed by atoms with E-state index in [0.29, 0.717) is 5.92 Å². The molecule has 0 spiro atoms. The van der Waals surface area contributed by atoms with Gasteiger partial charge in [-0.1, -0.05) is 43.6 Å². The summed E-state index contributed by atoms with van der Waals surface area (Å²) in [6, 6.07) is 0. The van der Waals surface area contributed by atoms with Gasteiger partial charge in [0.25, 0.3) is 0 Å². The first-order valence-electron chi connectivity index (χ1n) is 5.80. The predicted octanol–water partition coefficient (Wildman–Crippen LogP) is -2.35. The Morgan fingerprint density at radius 3 is 2.50 bits per heavy atom. The van der Waals surface area contributed by atoms with Crippen LogP contribution in [0.3, 0.4) is 0 Å². The molecule has 0 heterocycles. The fourth-order valence-electron chi connectivity index (χ4n) is 3.09. The molecule has 0 aromatic heterocycles. The summed E-state index contributed by atoms with van der Waals surface area (Å²) >= 11 is 0. The Morgan fingerprint density at radius 1 is 1.39 bits per heavy atom. The molecule has 0 bridgehead atoms. The summed E-state index contributed by atoms with van der Waals surface area (Å²) in [5.74, 6) is -0.0351. The quantitative estimate of drug-likeness (QED) is 0.525. The fraction of sp³-hybridized carbons (Fsp3) is 0.615. The molecule has 2 rings (SSSR count). The number of carbonyl (C=O) groups is 1. The smallest absolute Gasteiger partial charge is 1.00 e. The summed E-state index contributed by atoms with van der Waals surface area (Å²) in [5.41, 5.74) is 8.33. The number of halogens is 2. The molecule has 1 saturated carbocycles. The van der Waals surface area contributed by atoms with Crippen LogP contribution in [0.1, 0.15) is 39.0 Å². The third kappa shape index (κ3) is 3.42. The number of rotatable bonds is 2. The fourth-order valence-corrected chi connectivity index (χ4v) is 3.09. The van der Waals surface area contributed by atoms with Crippen LogP contribution in [0.4, 0.5) is 0 Å². The minimum Gasteiger partial charge on any atom is -1.00 e. The first kappa shape index (κ1) is 20.6. The van der Waals surface area contributed by atoms with Gasteiger partial charge in [-0.25, -0.2) is 0 Å². The van der Waals surface area contributed by atoms with Crippen LogP contribution < -0.4 is 24.8 Å². The minimum absolute atomic E-state index is 0. The zero-order valence-corrected chi connectivity index (χ0v) is 13.6. The first-order valence-corrected chi connectivity index (χ1v) is 5.80. The number of allylic oxidation sites excluding steroid dienone is 3. The van der Waals surface area contributed by atoms with Gasteiger partial charge < -0.3 is 35.3 Å². The van der Waals surface area contributed by atoms with Gasteiger partial charge in [0.2, 0.25) is 0 Å². The molecule has 0 aliphatic heterocycles. The van der Waals surface area contributed by atoms with Gasteiger partial charge in [-0.15, -0.1) is 0 Å². The van der Waals surface area contributed by atoms with Gasteiger partial charge in [-0.3, -0.25) is 0 Å².